The molecule has 3 nitrogen and oxygen atoms in total. The normalized spacial score (nSPS) is 18.4. The van der Waals surface area contributed by atoms with Crippen molar-refractivity contribution in [2.24, 2.45) is 0 Å². The van der Waals surface area contributed by atoms with Crippen LogP contribution in [-0.4, -0.2) is 42.7 Å². The van der Waals surface area contributed by atoms with Crippen molar-refractivity contribution in [3.05, 3.63) is 111 Å². The third kappa shape index (κ3) is 5.50. The Morgan fingerprint density at radius 2 is 1.73 bits per heavy atom. The fraction of sp³-hybridized carbons (Fsp3) is 0.324. The van der Waals surface area contributed by atoms with Crippen LogP contribution in [0.15, 0.2) is 83.8 Å². The number of fused-ring (bicyclic) bond motifs is 3. The van der Waals surface area contributed by atoms with Crippen LogP contribution in [0.25, 0.3) is 10.8 Å². The van der Waals surface area contributed by atoms with E-state index in [4.69, 9.17) is 23.2 Å². The summed E-state index contributed by atoms with van der Waals surface area (Å²) in [5, 5.41) is 6.15. The Labute approximate surface area is 255 Å². The highest BCUT2D eigenvalue weighted by Gasteiger charge is 2.47. The molecule has 2 aliphatic heterocycles. The summed E-state index contributed by atoms with van der Waals surface area (Å²) in [4.78, 5) is 16.9. The van der Waals surface area contributed by atoms with Crippen LogP contribution in [0.2, 0.25) is 10.0 Å². The summed E-state index contributed by atoms with van der Waals surface area (Å²) in [5.41, 5.74) is 3.25. The Morgan fingerprint density at radius 1 is 1.00 bits per heavy atom. The van der Waals surface area contributed by atoms with Crippen LogP contribution in [0.3, 0.4) is 0 Å². The molecule has 0 aromatic heterocycles. The molecule has 1 saturated heterocycles. The summed E-state index contributed by atoms with van der Waals surface area (Å²) < 4.78 is 14.5. The fourth-order valence-corrected chi connectivity index (χ4v) is 8.78. The third-order valence-corrected chi connectivity index (χ3v) is 11.3. The lowest BCUT2D eigenvalue weighted by Crippen LogP contribution is -2.44. The third-order valence-electron chi connectivity index (χ3n) is 8.94. The smallest absolute Gasteiger partial charge is 0.254 e. The lowest BCUT2D eigenvalue weighted by molar-refractivity contribution is 0.0786. The Balaban J connectivity index is 1.27. The zero-order valence-corrected chi connectivity index (χ0v) is 25.3. The number of rotatable bonds is 7. The van der Waals surface area contributed by atoms with Crippen LogP contribution < -0.4 is 5.32 Å². The number of carbonyl (C=O) groups is 1. The first-order valence-electron chi connectivity index (χ1n) is 14.2. The molecule has 1 fully saturated rings. The number of piperidine rings is 1. The van der Waals surface area contributed by atoms with Gasteiger partial charge in [0.2, 0.25) is 0 Å². The van der Waals surface area contributed by atoms with Crippen molar-refractivity contribution in [2.75, 3.05) is 26.7 Å². The van der Waals surface area contributed by atoms with Crippen LogP contribution >= 0.6 is 35.0 Å². The minimum absolute atomic E-state index is 0.0634. The number of hydrogen-bond acceptors (Lipinski definition) is 3. The number of amides is 1. The lowest BCUT2D eigenvalue weighted by atomic mass is 9.69. The van der Waals surface area contributed by atoms with Crippen LogP contribution in [-0.2, 0) is 5.41 Å². The number of benzene rings is 4. The molecule has 2 aliphatic rings. The minimum atomic E-state index is -0.324. The minimum Gasteiger partial charge on any atom is -0.341 e. The van der Waals surface area contributed by atoms with E-state index in [9.17, 15) is 9.18 Å². The number of halogens is 3. The van der Waals surface area contributed by atoms with Crippen LogP contribution in [0.1, 0.15) is 53.1 Å². The molecule has 1 unspecified atom stereocenters. The summed E-state index contributed by atoms with van der Waals surface area (Å²) in [6.45, 7) is 2.58. The molecule has 0 radical (unpaired) electrons. The van der Waals surface area contributed by atoms with Gasteiger partial charge in [-0.05, 0) is 85.6 Å². The molecule has 1 N–H and O–H groups in total. The molecule has 1 spiro atoms. The zero-order chi connectivity index (χ0) is 28.6. The highest BCUT2D eigenvalue weighted by Crippen LogP contribution is 2.55. The van der Waals surface area contributed by atoms with Crippen LogP contribution in [0.5, 0.6) is 0 Å². The summed E-state index contributed by atoms with van der Waals surface area (Å²) in [5.74, 6) is -0.382. The standard InChI is InChI=1S/C34H33Cl2FN2OS/c1-39(33(40)26-12-14-30(37)25-7-3-2-6-24(25)26)21-23(22-10-13-28(35)29(36)20-22)11-15-32-34(16-18-38-19-17-34)27-8-4-5-9-31(27)41-32/h2-10,12-14,20,23,32,38H,11,15-19,21H2,1H3/t23-,32?/m1/s1. The number of nitrogens with zero attached hydrogens (tertiary/aromatic N) is 1. The van der Waals surface area contributed by atoms with Gasteiger partial charge < -0.3 is 10.2 Å². The molecule has 4 aromatic carbocycles. The van der Waals surface area contributed by atoms with Gasteiger partial charge in [-0.25, -0.2) is 4.39 Å². The van der Waals surface area contributed by atoms with Gasteiger partial charge in [0.25, 0.3) is 5.91 Å². The first-order chi connectivity index (χ1) is 19.9. The van der Waals surface area contributed by atoms with Gasteiger partial charge >= 0.3 is 0 Å². The van der Waals surface area contributed by atoms with Crippen molar-refractivity contribution >= 4 is 51.6 Å². The molecule has 4 aromatic rings. The summed E-state index contributed by atoms with van der Waals surface area (Å²) >= 11 is 14.8. The number of nitrogens with one attached hydrogen (secondary N) is 1. The van der Waals surface area contributed by atoms with Gasteiger partial charge in [0, 0.05) is 46.0 Å². The second-order valence-electron chi connectivity index (χ2n) is 11.3. The molecular formula is C34H33Cl2FN2OS. The summed E-state index contributed by atoms with van der Waals surface area (Å²) in [6, 6.07) is 24.8. The van der Waals surface area contributed by atoms with Gasteiger partial charge in [-0.2, -0.15) is 0 Å². The SMILES string of the molecule is CN(C[C@@H](CCC1Sc2ccccc2C12CCNCC2)c1ccc(Cl)c(Cl)c1)C(=O)c1ccc(F)c2ccccc12. The highest BCUT2D eigenvalue weighted by atomic mass is 35.5. The van der Waals surface area contributed by atoms with E-state index in [1.807, 2.05) is 49.1 Å². The molecule has 0 aliphatic carbocycles. The maximum Gasteiger partial charge on any atom is 0.254 e. The average molecular weight is 608 g/mol. The van der Waals surface area contributed by atoms with Crippen molar-refractivity contribution in [1.29, 1.82) is 0 Å². The zero-order valence-electron chi connectivity index (χ0n) is 23.0. The monoisotopic (exact) mass is 606 g/mol. The van der Waals surface area contributed by atoms with Crippen LogP contribution in [0, 0.1) is 5.82 Å². The molecule has 1 amide bonds. The van der Waals surface area contributed by atoms with E-state index in [0.29, 0.717) is 38.2 Å². The topological polar surface area (TPSA) is 32.3 Å². The van der Waals surface area contributed by atoms with E-state index < -0.39 is 0 Å². The Hall–Kier alpha value is -2.57. The van der Waals surface area contributed by atoms with Crippen molar-refractivity contribution in [3.8, 4) is 0 Å². The van der Waals surface area contributed by atoms with Crippen LogP contribution in [0.4, 0.5) is 4.39 Å². The Bertz CT molecular complexity index is 1590. The quantitative estimate of drug-likeness (QED) is 0.228. The van der Waals surface area contributed by atoms with Crippen molar-refractivity contribution in [1.82, 2.24) is 10.2 Å². The van der Waals surface area contributed by atoms with Gasteiger partial charge in [-0.15, -0.1) is 11.8 Å². The molecule has 0 bridgehead atoms. The average Bonchev–Trinajstić information content (AvgIpc) is 3.29. The predicted molar refractivity (Wildman–Crippen MR) is 169 cm³/mol. The van der Waals surface area contributed by atoms with E-state index in [0.717, 1.165) is 44.3 Å². The molecule has 6 rings (SSSR count). The number of hydrogen-bond donors (Lipinski definition) is 1. The van der Waals surface area contributed by atoms with E-state index >= 15 is 0 Å². The van der Waals surface area contributed by atoms with Gasteiger partial charge in [-0.1, -0.05) is 71.7 Å². The summed E-state index contributed by atoms with van der Waals surface area (Å²) in [7, 11) is 1.83. The van der Waals surface area contributed by atoms with E-state index in [1.54, 1.807) is 23.1 Å². The molecule has 7 heteroatoms. The molecule has 0 saturated carbocycles. The fourth-order valence-electron chi connectivity index (χ4n) is 6.77. The second-order valence-corrected chi connectivity index (χ2v) is 13.3. The molecule has 2 heterocycles. The second kappa shape index (κ2) is 12.0. The Kier molecular flexibility index (Phi) is 8.33. The maximum atomic E-state index is 14.5. The molecule has 41 heavy (non-hydrogen) atoms. The number of thioether (sulfide) groups is 1. The van der Waals surface area contributed by atoms with Crippen molar-refractivity contribution < 1.29 is 9.18 Å². The molecule has 212 valence electrons. The predicted octanol–water partition coefficient (Wildman–Crippen LogP) is 8.72. The highest BCUT2D eigenvalue weighted by molar-refractivity contribution is 8.00. The molecule has 2 atom stereocenters. The van der Waals surface area contributed by atoms with E-state index in [2.05, 4.69) is 29.6 Å². The van der Waals surface area contributed by atoms with Crippen molar-refractivity contribution in [2.45, 2.75) is 47.2 Å². The maximum absolute atomic E-state index is 14.5. The van der Waals surface area contributed by atoms with Gasteiger partial charge in [0.1, 0.15) is 5.82 Å². The number of carbonyl (C=O) groups excluding carboxylic acids is 1. The number of likely N-dealkylation sites (N-methyl/N-ethyl adjacent to an activating group) is 1. The van der Waals surface area contributed by atoms with Gasteiger partial charge in [0.05, 0.1) is 10.0 Å². The first-order valence-corrected chi connectivity index (χ1v) is 15.9. The Morgan fingerprint density at radius 3 is 2.51 bits per heavy atom. The summed E-state index contributed by atoms with van der Waals surface area (Å²) in [6.07, 6.45) is 4.19. The lowest BCUT2D eigenvalue weighted by Gasteiger charge is -2.40. The van der Waals surface area contributed by atoms with Gasteiger partial charge in [-0.3, -0.25) is 4.79 Å². The van der Waals surface area contributed by atoms with Gasteiger partial charge in [0.15, 0.2) is 0 Å². The van der Waals surface area contributed by atoms with E-state index in [1.165, 1.54) is 16.5 Å². The largest absolute Gasteiger partial charge is 0.341 e. The van der Waals surface area contributed by atoms with Crippen molar-refractivity contribution in [3.63, 3.8) is 0 Å². The molecular weight excluding hydrogens is 574 g/mol. The van der Waals surface area contributed by atoms with E-state index in [-0.39, 0.29) is 23.1 Å². The first kappa shape index (κ1) is 28.5.